The van der Waals surface area contributed by atoms with Crippen LogP contribution in [0.1, 0.15) is 57.8 Å². The number of benzene rings is 1. The summed E-state index contributed by atoms with van der Waals surface area (Å²) in [6, 6.07) is 6.77. The van der Waals surface area contributed by atoms with Crippen LogP contribution in [-0.2, 0) is 9.53 Å². The maximum Gasteiger partial charge on any atom is 0.340 e. The number of likely N-dealkylation sites (N-methyl/N-ethyl adjacent to an activating group) is 2. The Balaban J connectivity index is 0. The van der Waals surface area contributed by atoms with Gasteiger partial charge < -0.3 is 15.0 Å². The number of halogens is 2. The molecule has 1 rings (SSSR count). The number of para-hydroxylation sites is 1. The van der Waals surface area contributed by atoms with Crippen molar-refractivity contribution in [2.24, 2.45) is 0 Å². The maximum atomic E-state index is 13.1. The zero-order chi connectivity index (χ0) is 20.9. The minimum Gasteiger partial charge on any atom is -0.462 e. The van der Waals surface area contributed by atoms with Crippen LogP contribution in [0.5, 0.6) is 0 Å². The number of amides is 1. The Kier molecular flexibility index (Phi) is 17.8. The first-order valence-electron chi connectivity index (χ1n) is 10.6. The third-order valence-electron chi connectivity index (χ3n) is 5.02. The molecule has 30 heavy (non-hydrogen) atoms. The molecule has 1 amide bonds. The van der Waals surface area contributed by atoms with Crippen LogP contribution in [0, 0.1) is 0 Å². The molecule has 174 valence electrons. The summed E-state index contributed by atoms with van der Waals surface area (Å²) in [6.07, 6.45) is 1.79. The Hall–Kier alpha value is -1.34. The third kappa shape index (κ3) is 9.65. The van der Waals surface area contributed by atoms with Crippen molar-refractivity contribution in [3.63, 3.8) is 0 Å². The normalized spacial score (nSPS) is 11.4. The number of unbranched alkanes of at least 4 members (excludes halogenated alkanes) is 1. The summed E-state index contributed by atoms with van der Waals surface area (Å²) in [6.45, 7) is 14.8. The van der Waals surface area contributed by atoms with Gasteiger partial charge in [-0.15, -0.1) is 24.8 Å². The second kappa shape index (κ2) is 17.4. The first-order valence-corrected chi connectivity index (χ1v) is 10.6. The Morgan fingerprint density at radius 2 is 1.57 bits per heavy atom. The molecule has 6 nitrogen and oxygen atoms in total. The Labute approximate surface area is 194 Å². The summed E-state index contributed by atoms with van der Waals surface area (Å²) < 4.78 is 5.33. The van der Waals surface area contributed by atoms with Crippen LogP contribution < -0.4 is 5.32 Å². The Bertz CT molecular complexity index is 609. The number of anilines is 1. The molecule has 0 aliphatic rings. The van der Waals surface area contributed by atoms with Gasteiger partial charge in [-0.3, -0.25) is 9.69 Å². The van der Waals surface area contributed by atoms with Crippen molar-refractivity contribution in [2.45, 2.75) is 53.5 Å². The molecule has 0 saturated carbocycles. The third-order valence-corrected chi connectivity index (χ3v) is 5.02. The molecular formula is C22H39Cl2N3O3. The molecule has 0 spiro atoms. The lowest BCUT2D eigenvalue weighted by molar-refractivity contribution is -0.121. The lowest BCUT2D eigenvalue weighted by Gasteiger charge is -2.32. The van der Waals surface area contributed by atoms with E-state index in [1.807, 2.05) is 13.0 Å². The molecule has 0 saturated heterocycles. The van der Waals surface area contributed by atoms with Crippen molar-refractivity contribution in [1.29, 1.82) is 0 Å². The SMILES string of the molecule is CCCCOC(=O)c1ccccc1NC(=O)C(CN(CC)CC)N(CC)CC.Cl.Cl. The van der Waals surface area contributed by atoms with Gasteiger partial charge in [-0.05, 0) is 44.7 Å². The molecule has 0 fully saturated rings. The standard InChI is InChI=1S/C22H37N3O3.2ClH/c1-6-11-16-28-22(27)18-14-12-13-15-19(18)23-21(26)20(25(9-4)10-5)17-24(7-2)8-3;;/h12-15,20H,6-11,16-17H2,1-5H3,(H,23,26);2*1H. The monoisotopic (exact) mass is 463 g/mol. The molecule has 1 aromatic carbocycles. The van der Waals surface area contributed by atoms with Crippen molar-refractivity contribution < 1.29 is 14.3 Å². The van der Waals surface area contributed by atoms with Crippen LogP contribution in [0.2, 0.25) is 0 Å². The van der Waals surface area contributed by atoms with Gasteiger partial charge in [-0.2, -0.15) is 0 Å². The summed E-state index contributed by atoms with van der Waals surface area (Å²) in [5, 5.41) is 2.98. The molecule has 8 heteroatoms. The van der Waals surface area contributed by atoms with Gasteiger partial charge in [-0.25, -0.2) is 4.79 Å². The Morgan fingerprint density at radius 3 is 2.10 bits per heavy atom. The number of hydrogen-bond acceptors (Lipinski definition) is 5. The summed E-state index contributed by atoms with van der Waals surface area (Å²) in [4.78, 5) is 30.0. The van der Waals surface area contributed by atoms with Crippen LogP contribution in [0.4, 0.5) is 5.69 Å². The van der Waals surface area contributed by atoms with E-state index in [1.165, 1.54) is 0 Å². The average Bonchev–Trinajstić information content (AvgIpc) is 2.71. The summed E-state index contributed by atoms with van der Waals surface area (Å²) in [5.74, 6) is -0.489. The number of hydrogen-bond donors (Lipinski definition) is 1. The van der Waals surface area contributed by atoms with Crippen molar-refractivity contribution in [1.82, 2.24) is 9.80 Å². The smallest absolute Gasteiger partial charge is 0.340 e. The highest BCUT2D eigenvalue weighted by atomic mass is 35.5. The molecule has 1 atom stereocenters. The molecule has 0 aromatic heterocycles. The predicted molar refractivity (Wildman–Crippen MR) is 129 cm³/mol. The van der Waals surface area contributed by atoms with Crippen LogP contribution >= 0.6 is 24.8 Å². The highest BCUT2D eigenvalue weighted by Crippen LogP contribution is 2.18. The zero-order valence-corrected chi connectivity index (χ0v) is 20.6. The maximum absolute atomic E-state index is 13.1. The molecule has 0 heterocycles. The van der Waals surface area contributed by atoms with E-state index >= 15 is 0 Å². The largest absolute Gasteiger partial charge is 0.462 e. The van der Waals surface area contributed by atoms with Gasteiger partial charge in [0.1, 0.15) is 6.04 Å². The number of nitrogens with one attached hydrogen (secondary N) is 1. The van der Waals surface area contributed by atoms with Crippen LogP contribution in [0.3, 0.4) is 0 Å². The molecule has 1 unspecified atom stereocenters. The average molecular weight is 464 g/mol. The molecule has 0 aliphatic carbocycles. The number of carbonyl (C=O) groups is 2. The highest BCUT2D eigenvalue weighted by molar-refractivity contribution is 6.02. The molecular weight excluding hydrogens is 425 g/mol. The van der Waals surface area contributed by atoms with Crippen molar-refractivity contribution >= 4 is 42.4 Å². The zero-order valence-electron chi connectivity index (χ0n) is 19.0. The van der Waals surface area contributed by atoms with Gasteiger partial charge in [0.25, 0.3) is 0 Å². The van der Waals surface area contributed by atoms with Crippen molar-refractivity contribution in [2.75, 3.05) is 44.6 Å². The lowest BCUT2D eigenvalue weighted by atomic mass is 10.1. The fraction of sp³-hybridized carbons (Fsp3) is 0.636. The van der Waals surface area contributed by atoms with E-state index in [0.717, 1.165) is 39.0 Å². The van der Waals surface area contributed by atoms with Gasteiger partial charge in [0, 0.05) is 6.54 Å². The van der Waals surface area contributed by atoms with E-state index in [1.54, 1.807) is 18.2 Å². The first kappa shape index (κ1) is 30.9. The van der Waals surface area contributed by atoms with Crippen LogP contribution in [-0.4, -0.2) is 67.0 Å². The number of carbonyl (C=O) groups excluding carboxylic acids is 2. The number of nitrogens with zero attached hydrogens (tertiary/aromatic N) is 2. The van der Waals surface area contributed by atoms with Gasteiger partial charge in [-0.1, -0.05) is 53.2 Å². The summed E-state index contributed by atoms with van der Waals surface area (Å²) in [7, 11) is 0. The fourth-order valence-electron chi connectivity index (χ4n) is 3.13. The van der Waals surface area contributed by atoms with Gasteiger partial charge in [0.15, 0.2) is 0 Å². The summed E-state index contributed by atoms with van der Waals surface area (Å²) >= 11 is 0. The van der Waals surface area contributed by atoms with Gasteiger partial charge >= 0.3 is 5.97 Å². The first-order chi connectivity index (χ1) is 13.5. The van der Waals surface area contributed by atoms with E-state index in [9.17, 15) is 9.59 Å². The minimum atomic E-state index is -0.396. The Morgan fingerprint density at radius 1 is 0.967 bits per heavy atom. The quantitative estimate of drug-likeness (QED) is 0.345. The van der Waals surface area contributed by atoms with Crippen LogP contribution in [0.15, 0.2) is 24.3 Å². The lowest BCUT2D eigenvalue weighted by Crippen LogP contribution is -2.50. The number of rotatable bonds is 13. The van der Waals surface area contributed by atoms with E-state index in [2.05, 4.69) is 42.8 Å². The van der Waals surface area contributed by atoms with Crippen LogP contribution in [0.25, 0.3) is 0 Å². The second-order valence-corrected chi connectivity index (χ2v) is 6.75. The molecule has 0 bridgehead atoms. The van der Waals surface area contributed by atoms with Crippen molar-refractivity contribution in [3.05, 3.63) is 29.8 Å². The van der Waals surface area contributed by atoms with E-state index in [4.69, 9.17) is 4.74 Å². The fourth-order valence-corrected chi connectivity index (χ4v) is 3.13. The highest BCUT2D eigenvalue weighted by Gasteiger charge is 2.27. The molecule has 1 aromatic rings. The predicted octanol–water partition coefficient (Wildman–Crippen LogP) is 4.48. The second-order valence-electron chi connectivity index (χ2n) is 6.75. The molecule has 0 aliphatic heterocycles. The topological polar surface area (TPSA) is 61.9 Å². The van der Waals surface area contributed by atoms with Gasteiger partial charge in [0.2, 0.25) is 5.91 Å². The minimum absolute atomic E-state index is 0. The van der Waals surface area contributed by atoms with E-state index in [0.29, 0.717) is 24.4 Å². The number of esters is 1. The molecule has 0 radical (unpaired) electrons. The molecule has 1 N–H and O–H groups in total. The van der Waals surface area contributed by atoms with E-state index in [-0.39, 0.29) is 36.8 Å². The van der Waals surface area contributed by atoms with Gasteiger partial charge in [0.05, 0.1) is 17.9 Å². The number of ether oxygens (including phenoxy) is 1. The van der Waals surface area contributed by atoms with Crippen molar-refractivity contribution in [3.8, 4) is 0 Å². The summed E-state index contributed by atoms with van der Waals surface area (Å²) in [5.41, 5.74) is 0.902. The van der Waals surface area contributed by atoms with E-state index < -0.39 is 5.97 Å².